The minimum absolute atomic E-state index is 1.17. The van der Waals surface area contributed by atoms with Crippen molar-refractivity contribution in [3.63, 3.8) is 0 Å². The lowest BCUT2D eigenvalue weighted by Gasteiger charge is -2.24. The van der Waals surface area contributed by atoms with Gasteiger partial charge >= 0.3 is 0 Å². The van der Waals surface area contributed by atoms with Crippen LogP contribution in [0.3, 0.4) is 0 Å². The molecule has 0 unspecified atom stereocenters. The molecule has 0 aliphatic carbocycles. The Kier molecular flexibility index (Phi) is 5.22. The van der Waals surface area contributed by atoms with Crippen LogP contribution in [0, 0.1) is 0 Å². The second-order valence-electron chi connectivity index (χ2n) is 3.05. The highest BCUT2D eigenvalue weighted by atomic mass is 15.1. The van der Waals surface area contributed by atoms with Crippen molar-refractivity contribution in [3.05, 3.63) is 11.1 Å². The quantitative estimate of drug-likeness (QED) is 0.486. The van der Waals surface area contributed by atoms with E-state index in [2.05, 4.69) is 25.8 Å². The third kappa shape index (κ3) is 3.57. The summed E-state index contributed by atoms with van der Waals surface area (Å²) >= 11 is 0. The van der Waals surface area contributed by atoms with Crippen LogP contribution in [0.2, 0.25) is 0 Å². The van der Waals surface area contributed by atoms with Crippen molar-refractivity contribution >= 4 is 0 Å². The van der Waals surface area contributed by atoms with E-state index < -0.39 is 0 Å². The summed E-state index contributed by atoms with van der Waals surface area (Å²) in [5.41, 5.74) is 3.15. The average Bonchev–Trinajstić information content (AvgIpc) is 2.02. The molecule has 1 heterocycles. The van der Waals surface area contributed by atoms with Crippen molar-refractivity contribution in [3.8, 4) is 0 Å². The number of hydrogen-bond donors (Lipinski definition) is 0. The van der Waals surface area contributed by atoms with Crippen molar-refractivity contribution < 1.29 is 0 Å². The van der Waals surface area contributed by atoms with Crippen molar-refractivity contribution in [2.75, 3.05) is 20.1 Å². The van der Waals surface area contributed by atoms with Crippen LogP contribution in [0.25, 0.3) is 0 Å². The van der Waals surface area contributed by atoms with Crippen LogP contribution in [-0.2, 0) is 0 Å². The summed E-state index contributed by atoms with van der Waals surface area (Å²) in [6.45, 7) is 10.9. The predicted molar refractivity (Wildman–Crippen MR) is 51.8 cm³/mol. The Hall–Kier alpha value is -0.300. The van der Waals surface area contributed by atoms with Gasteiger partial charge in [0.25, 0.3) is 0 Å². The summed E-state index contributed by atoms with van der Waals surface area (Å²) in [5.74, 6) is 0. The summed E-state index contributed by atoms with van der Waals surface area (Å²) in [6.07, 6.45) is 1.27. The molecule has 11 heavy (non-hydrogen) atoms. The molecule has 1 nitrogen and oxygen atoms in total. The number of likely N-dealkylation sites (N-methyl/N-ethyl adjacent to an activating group) is 1. The normalized spacial score (nSPS) is 19.4. The largest absolute Gasteiger partial charge is 0.302 e. The van der Waals surface area contributed by atoms with Gasteiger partial charge in [-0.05, 0) is 27.3 Å². The van der Waals surface area contributed by atoms with Gasteiger partial charge in [-0.3, -0.25) is 0 Å². The topological polar surface area (TPSA) is 3.24 Å². The Morgan fingerprint density at radius 3 is 2.00 bits per heavy atom. The SMILES string of the molecule is CC.CC1=C(C)CN(C)CC1. The van der Waals surface area contributed by atoms with E-state index in [0.29, 0.717) is 0 Å². The maximum Gasteiger partial charge on any atom is 0.0189 e. The van der Waals surface area contributed by atoms with Gasteiger partial charge in [-0.1, -0.05) is 25.0 Å². The molecule has 0 bridgehead atoms. The maximum atomic E-state index is 2.36. The Bertz CT molecular complexity index is 136. The number of nitrogens with zero attached hydrogens (tertiary/aromatic N) is 1. The molecule has 1 aliphatic heterocycles. The van der Waals surface area contributed by atoms with Gasteiger partial charge in [-0.15, -0.1) is 0 Å². The fourth-order valence-corrected chi connectivity index (χ4v) is 1.19. The van der Waals surface area contributed by atoms with Crippen molar-refractivity contribution in [1.82, 2.24) is 4.90 Å². The van der Waals surface area contributed by atoms with Crippen LogP contribution in [0.5, 0.6) is 0 Å². The van der Waals surface area contributed by atoms with Crippen LogP contribution in [0.15, 0.2) is 11.1 Å². The molecule has 0 aromatic carbocycles. The highest BCUT2D eigenvalue weighted by molar-refractivity contribution is 5.14. The molecule has 0 amide bonds. The molecule has 1 rings (SSSR count). The van der Waals surface area contributed by atoms with E-state index >= 15 is 0 Å². The van der Waals surface area contributed by atoms with Crippen LogP contribution in [0.1, 0.15) is 34.1 Å². The first-order chi connectivity index (χ1) is 5.20. The summed E-state index contributed by atoms with van der Waals surface area (Å²) < 4.78 is 0. The van der Waals surface area contributed by atoms with Crippen molar-refractivity contribution in [2.45, 2.75) is 34.1 Å². The average molecular weight is 155 g/mol. The van der Waals surface area contributed by atoms with Crippen molar-refractivity contribution in [1.29, 1.82) is 0 Å². The monoisotopic (exact) mass is 155 g/mol. The fourth-order valence-electron chi connectivity index (χ4n) is 1.19. The smallest absolute Gasteiger partial charge is 0.0189 e. The van der Waals surface area contributed by atoms with Crippen LogP contribution < -0.4 is 0 Å². The summed E-state index contributed by atoms with van der Waals surface area (Å²) in [6, 6.07) is 0. The van der Waals surface area contributed by atoms with E-state index in [9.17, 15) is 0 Å². The lowest BCUT2D eigenvalue weighted by atomic mass is 10.0. The van der Waals surface area contributed by atoms with Crippen LogP contribution in [0.4, 0.5) is 0 Å². The predicted octanol–water partition coefficient (Wildman–Crippen LogP) is 2.68. The number of rotatable bonds is 0. The van der Waals surface area contributed by atoms with Gasteiger partial charge < -0.3 is 4.90 Å². The summed E-state index contributed by atoms with van der Waals surface area (Å²) in [5, 5.41) is 0. The van der Waals surface area contributed by atoms with Crippen LogP contribution in [-0.4, -0.2) is 25.0 Å². The third-order valence-corrected chi connectivity index (χ3v) is 2.10. The van der Waals surface area contributed by atoms with E-state index in [4.69, 9.17) is 0 Å². The molecule has 0 radical (unpaired) electrons. The van der Waals surface area contributed by atoms with Gasteiger partial charge in [0.15, 0.2) is 0 Å². The molecule has 0 spiro atoms. The Morgan fingerprint density at radius 2 is 1.64 bits per heavy atom. The Morgan fingerprint density at radius 1 is 1.09 bits per heavy atom. The molecule has 0 aromatic heterocycles. The summed E-state index contributed by atoms with van der Waals surface area (Å²) in [4.78, 5) is 2.36. The second-order valence-corrected chi connectivity index (χ2v) is 3.05. The molecule has 0 fully saturated rings. The van der Waals surface area contributed by atoms with Gasteiger partial charge in [0, 0.05) is 13.1 Å². The highest BCUT2D eigenvalue weighted by Crippen LogP contribution is 2.14. The van der Waals surface area contributed by atoms with E-state index in [1.165, 1.54) is 19.5 Å². The zero-order valence-electron chi connectivity index (χ0n) is 8.57. The zero-order chi connectivity index (χ0) is 8.85. The molecule has 1 heteroatoms. The van der Waals surface area contributed by atoms with E-state index in [-0.39, 0.29) is 0 Å². The minimum atomic E-state index is 1.17. The molecule has 0 saturated heterocycles. The molecular weight excluding hydrogens is 134 g/mol. The fraction of sp³-hybridized carbons (Fsp3) is 0.800. The molecule has 66 valence electrons. The maximum absolute atomic E-state index is 2.36. The highest BCUT2D eigenvalue weighted by Gasteiger charge is 2.08. The van der Waals surface area contributed by atoms with Crippen LogP contribution >= 0.6 is 0 Å². The Balaban J connectivity index is 0.000000461. The lowest BCUT2D eigenvalue weighted by Crippen LogP contribution is -2.26. The minimum Gasteiger partial charge on any atom is -0.302 e. The standard InChI is InChI=1S/C8H15N.C2H6/c1-7-4-5-9(3)6-8(7)2;1-2/h4-6H2,1-3H3;1-2H3. The Labute approximate surface area is 71.1 Å². The zero-order valence-corrected chi connectivity index (χ0v) is 8.57. The van der Waals surface area contributed by atoms with Gasteiger partial charge in [-0.2, -0.15) is 0 Å². The molecule has 1 aliphatic rings. The molecule has 0 atom stereocenters. The third-order valence-electron chi connectivity index (χ3n) is 2.10. The number of hydrogen-bond acceptors (Lipinski definition) is 1. The molecule has 0 aromatic rings. The van der Waals surface area contributed by atoms with Crippen molar-refractivity contribution in [2.24, 2.45) is 0 Å². The van der Waals surface area contributed by atoms with E-state index in [0.717, 1.165) is 0 Å². The second kappa shape index (κ2) is 5.36. The first-order valence-corrected chi connectivity index (χ1v) is 4.54. The van der Waals surface area contributed by atoms with Gasteiger partial charge in [0.05, 0.1) is 0 Å². The van der Waals surface area contributed by atoms with E-state index in [1.807, 2.05) is 13.8 Å². The molecular formula is C10H21N. The first kappa shape index (κ1) is 10.7. The lowest BCUT2D eigenvalue weighted by molar-refractivity contribution is 0.348. The summed E-state index contributed by atoms with van der Waals surface area (Å²) in [7, 11) is 2.18. The van der Waals surface area contributed by atoms with Gasteiger partial charge in [0.2, 0.25) is 0 Å². The van der Waals surface area contributed by atoms with E-state index in [1.54, 1.807) is 11.1 Å². The molecule has 0 saturated carbocycles. The van der Waals surface area contributed by atoms with Gasteiger partial charge in [0.1, 0.15) is 0 Å². The first-order valence-electron chi connectivity index (χ1n) is 4.54. The van der Waals surface area contributed by atoms with Gasteiger partial charge in [-0.25, -0.2) is 0 Å². The molecule has 0 N–H and O–H groups in total.